The van der Waals surface area contributed by atoms with Crippen molar-refractivity contribution in [2.24, 2.45) is 5.92 Å². The highest BCUT2D eigenvalue weighted by Crippen LogP contribution is 2.24. The Kier molecular flexibility index (Phi) is 7.41. The number of hydrogen-bond donors (Lipinski definition) is 1. The maximum atomic E-state index is 12.9. The van der Waals surface area contributed by atoms with Gasteiger partial charge in [-0.2, -0.15) is 0 Å². The first kappa shape index (κ1) is 22.5. The fraction of sp³-hybridized carbons (Fsp3) is 0.375. The van der Waals surface area contributed by atoms with E-state index < -0.39 is 11.9 Å². The third kappa shape index (κ3) is 5.70. The Bertz CT molecular complexity index is 964. The monoisotopic (exact) mass is 424 g/mol. The van der Waals surface area contributed by atoms with E-state index in [2.05, 4.69) is 41.4 Å². The fourth-order valence-corrected chi connectivity index (χ4v) is 3.84. The van der Waals surface area contributed by atoms with Crippen LogP contribution < -0.4 is 5.32 Å². The van der Waals surface area contributed by atoms with Gasteiger partial charge in [0.1, 0.15) is 0 Å². The molecule has 0 unspecified atom stereocenters. The highest BCUT2D eigenvalue weighted by molar-refractivity contribution is 6.04. The second kappa shape index (κ2) is 10.2. The number of nitrogens with zero attached hydrogens (tertiary/aromatic N) is 1. The molecule has 1 aliphatic heterocycles. The second-order valence-electron chi connectivity index (χ2n) is 7.77. The number of carbonyl (C=O) groups excluding carboxylic acids is 3. The SMILES string of the molecule is COC(=O)c1ccc(C(=O)OC)c(NC(=O)C2CCN(Cc3cccc(C)c3)CC2)c1. The number of anilines is 1. The average molecular weight is 424 g/mol. The number of ether oxygens (including phenoxy) is 2. The number of esters is 2. The molecule has 164 valence electrons. The van der Waals surface area contributed by atoms with E-state index >= 15 is 0 Å². The van der Waals surface area contributed by atoms with Crippen LogP contribution in [0.15, 0.2) is 42.5 Å². The van der Waals surface area contributed by atoms with Gasteiger partial charge in [-0.25, -0.2) is 9.59 Å². The molecule has 0 radical (unpaired) electrons. The van der Waals surface area contributed by atoms with Crippen molar-refractivity contribution in [1.82, 2.24) is 4.90 Å². The summed E-state index contributed by atoms with van der Waals surface area (Å²) in [6.07, 6.45) is 1.45. The lowest BCUT2D eigenvalue weighted by molar-refractivity contribution is -0.121. The van der Waals surface area contributed by atoms with Gasteiger partial charge in [-0.05, 0) is 56.6 Å². The van der Waals surface area contributed by atoms with Gasteiger partial charge < -0.3 is 14.8 Å². The molecule has 0 aliphatic carbocycles. The number of rotatable bonds is 6. The number of aryl methyl sites for hydroxylation is 1. The van der Waals surface area contributed by atoms with Crippen LogP contribution in [0.1, 0.15) is 44.7 Å². The molecule has 0 atom stereocenters. The predicted molar refractivity (Wildman–Crippen MR) is 117 cm³/mol. The van der Waals surface area contributed by atoms with Gasteiger partial charge >= 0.3 is 11.9 Å². The van der Waals surface area contributed by atoms with E-state index in [1.165, 1.54) is 43.5 Å². The largest absolute Gasteiger partial charge is 0.465 e. The van der Waals surface area contributed by atoms with Crippen LogP contribution in [0.4, 0.5) is 5.69 Å². The molecule has 1 saturated heterocycles. The van der Waals surface area contributed by atoms with E-state index in [1.54, 1.807) is 0 Å². The first-order chi connectivity index (χ1) is 14.9. The number of benzene rings is 2. The molecule has 31 heavy (non-hydrogen) atoms. The summed E-state index contributed by atoms with van der Waals surface area (Å²) < 4.78 is 9.53. The minimum absolute atomic E-state index is 0.164. The Balaban J connectivity index is 1.65. The van der Waals surface area contributed by atoms with Crippen molar-refractivity contribution >= 4 is 23.5 Å². The summed E-state index contributed by atoms with van der Waals surface area (Å²) in [6, 6.07) is 12.8. The van der Waals surface area contributed by atoms with Crippen LogP contribution >= 0.6 is 0 Å². The molecule has 1 fully saturated rings. The molecular weight excluding hydrogens is 396 g/mol. The van der Waals surface area contributed by atoms with E-state index in [0.29, 0.717) is 0 Å². The molecule has 1 amide bonds. The van der Waals surface area contributed by atoms with Gasteiger partial charge in [-0.3, -0.25) is 9.69 Å². The summed E-state index contributed by atoms with van der Waals surface area (Å²) in [4.78, 5) is 39.2. The van der Waals surface area contributed by atoms with Crippen LogP contribution in [0.25, 0.3) is 0 Å². The standard InChI is InChI=1S/C24H28N2O5/c1-16-5-4-6-17(13-16)15-26-11-9-18(10-12-26)22(27)25-21-14-19(23(28)30-2)7-8-20(21)24(29)31-3/h4-8,13-14,18H,9-12,15H2,1-3H3,(H,25,27). The lowest BCUT2D eigenvalue weighted by Gasteiger charge is -2.31. The Labute approximate surface area is 182 Å². The first-order valence-electron chi connectivity index (χ1n) is 10.3. The van der Waals surface area contributed by atoms with Gasteiger partial charge in [0.05, 0.1) is 31.0 Å². The Morgan fingerprint density at radius 1 is 1.00 bits per heavy atom. The van der Waals surface area contributed by atoms with Crippen molar-refractivity contribution in [3.8, 4) is 0 Å². The number of methoxy groups -OCH3 is 2. The predicted octanol–water partition coefficient (Wildman–Crippen LogP) is 3.42. The quantitative estimate of drug-likeness (QED) is 0.716. The first-order valence-corrected chi connectivity index (χ1v) is 10.3. The van der Waals surface area contributed by atoms with Crippen LogP contribution in [0, 0.1) is 12.8 Å². The summed E-state index contributed by atoms with van der Waals surface area (Å²) in [7, 11) is 2.55. The molecule has 7 heteroatoms. The molecule has 2 aromatic carbocycles. The summed E-state index contributed by atoms with van der Waals surface area (Å²) in [5, 5.41) is 2.82. The molecule has 1 aliphatic rings. The van der Waals surface area contributed by atoms with Gasteiger partial charge in [0.25, 0.3) is 0 Å². The van der Waals surface area contributed by atoms with E-state index in [-0.39, 0.29) is 28.6 Å². The summed E-state index contributed by atoms with van der Waals surface area (Å²) in [5.41, 5.74) is 3.20. The van der Waals surface area contributed by atoms with Crippen LogP contribution in [0.5, 0.6) is 0 Å². The smallest absolute Gasteiger partial charge is 0.339 e. The Morgan fingerprint density at radius 3 is 2.35 bits per heavy atom. The molecule has 0 spiro atoms. The van der Waals surface area contributed by atoms with Gasteiger partial charge in [-0.15, -0.1) is 0 Å². The summed E-state index contributed by atoms with van der Waals surface area (Å²) >= 11 is 0. The zero-order valence-corrected chi connectivity index (χ0v) is 18.1. The second-order valence-corrected chi connectivity index (χ2v) is 7.77. The number of nitrogens with one attached hydrogen (secondary N) is 1. The van der Waals surface area contributed by atoms with E-state index in [4.69, 9.17) is 9.47 Å². The van der Waals surface area contributed by atoms with Crippen molar-refractivity contribution < 1.29 is 23.9 Å². The lowest BCUT2D eigenvalue weighted by Crippen LogP contribution is -2.38. The molecule has 1 heterocycles. The summed E-state index contributed by atoms with van der Waals surface area (Å²) in [6.45, 7) is 4.58. The van der Waals surface area contributed by atoms with Crippen molar-refractivity contribution in [1.29, 1.82) is 0 Å². The topological polar surface area (TPSA) is 84.9 Å². The number of hydrogen-bond acceptors (Lipinski definition) is 6. The van der Waals surface area contributed by atoms with Crippen molar-refractivity contribution in [2.45, 2.75) is 26.3 Å². The maximum Gasteiger partial charge on any atom is 0.339 e. The van der Waals surface area contributed by atoms with Gasteiger partial charge in [0.2, 0.25) is 5.91 Å². The third-order valence-electron chi connectivity index (χ3n) is 5.55. The Hall–Kier alpha value is -3.19. The maximum absolute atomic E-state index is 12.9. The van der Waals surface area contributed by atoms with Crippen LogP contribution in [0.3, 0.4) is 0 Å². The normalized spacial score (nSPS) is 14.7. The number of likely N-dealkylation sites (tertiary alicyclic amines) is 1. The molecule has 0 bridgehead atoms. The van der Waals surface area contributed by atoms with Crippen LogP contribution in [0.2, 0.25) is 0 Å². The molecule has 0 saturated carbocycles. The van der Waals surface area contributed by atoms with Crippen LogP contribution in [-0.2, 0) is 20.8 Å². The molecular formula is C24H28N2O5. The molecule has 0 aromatic heterocycles. The van der Waals surface area contributed by atoms with Gasteiger partial charge in [0.15, 0.2) is 0 Å². The fourth-order valence-electron chi connectivity index (χ4n) is 3.84. The summed E-state index contributed by atoms with van der Waals surface area (Å²) in [5.74, 6) is -1.46. The number of amides is 1. The van der Waals surface area contributed by atoms with Gasteiger partial charge in [0, 0.05) is 12.5 Å². The zero-order valence-electron chi connectivity index (χ0n) is 18.1. The molecule has 1 N–H and O–H groups in total. The highest BCUT2D eigenvalue weighted by Gasteiger charge is 2.26. The Morgan fingerprint density at radius 2 is 1.71 bits per heavy atom. The van der Waals surface area contributed by atoms with Crippen molar-refractivity contribution in [3.63, 3.8) is 0 Å². The minimum Gasteiger partial charge on any atom is -0.465 e. The van der Waals surface area contributed by atoms with Crippen LogP contribution in [-0.4, -0.2) is 50.1 Å². The zero-order chi connectivity index (χ0) is 22.4. The molecule has 3 rings (SSSR count). The van der Waals surface area contributed by atoms with E-state index in [9.17, 15) is 14.4 Å². The highest BCUT2D eigenvalue weighted by atomic mass is 16.5. The van der Waals surface area contributed by atoms with Crippen molar-refractivity contribution in [2.75, 3.05) is 32.6 Å². The third-order valence-corrected chi connectivity index (χ3v) is 5.55. The number of piperidine rings is 1. The van der Waals surface area contributed by atoms with E-state index in [1.807, 2.05) is 0 Å². The van der Waals surface area contributed by atoms with Crippen molar-refractivity contribution in [3.05, 3.63) is 64.7 Å². The van der Waals surface area contributed by atoms with Gasteiger partial charge in [-0.1, -0.05) is 29.8 Å². The minimum atomic E-state index is -0.584. The molecule has 2 aromatic rings. The average Bonchev–Trinajstić information content (AvgIpc) is 2.78. The molecule has 7 nitrogen and oxygen atoms in total. The van der Waals surface area contributed by atoms with E-state index in [0.717, 1.165) is 32.5 Å². The lowest BCUT2D eigenvalue weighted by atomic mass is 9.95. The number of carbonyl (C=O) groups is 3.